The molecule has 2 heterocycles. The van der Waals surface area contributed by atoms with Crippen molar-refractivity contribution in [3.63, 3.8) is 0 Å². The molecular weight excluding hydrogens is 705 g/mol. The lowest BCUT2D eigenvalue weighted by Crippen LogP contribution is -2.72. The molecule has 0 saturated carbocycles. The molecule has 9 aromatic carbocycles. The van der Waals surface area contributed by atoms with Gasteiger partial charge in [-0.15, -0.1) is 0 Å². The van der Waals surface area contributed by atoms with E-state index in [9.17, 15) is 0 Å². The molecule has 3 heteroatoms. The summed E-state index contributed by atoms with van der Waals surface area (Å²) in [4.78, 5) is 2.38. The first-order chi connectivity index (χ1) is 28.3. The topological polar surface area (TPSA) is 8.17 Å². The van der Waals surface area contributed by atoms with Gasteiger partial charge >= 0.3 is 0 Å². The van der Waals surface area contributed by atoms with Gasteiger partial charge in [-0.1, -0.05) is 176 Å². The van der Waals surface area contributed by atoms with Crippen molar-refractivity contribution in [1.29, 1.82) is 0 Å². The summed E-state index contributed by atoms with van der Waals surface area (Å²) in [5, 5.41) is 8.21. The Morgan fingerprint density at radius 3 is 1.61 bits per heavy atom. The van der Waals surface area contributed by atoms with Gasteiger partial charge in [-0.2, -0.15) is 0 Å². The van der Waals surface area contributed by atoms with Gasteiger partial charge in [0.1, 0.15) is 0 Å². The first kappa shape index (κ1) is 33.2. The molecule has 2 nitrogen and oxygen atoms in total. The molecule has 0 N–H and O–H groups in total. The molecule has 0 aliphatic carbocycles. The van der Waals surface area contributed by atoms with Gasteiger partial charge in [-0.25, -0.2) is 0 Å². The summed E-state index contributed by atoms with van der Waals surface area (Å²) in [5.74, 6) is 0. The fourth-order valence-corrected chi connectivity index (χ4v) is 14.6. The second-order valence-electron chi connectivity index (χ2n) is 14.9. The number of nitrogens with zero attached hydrogens (tertiary/aromatic N) is 2. The van der Waals surface area contributed by atoms with Gasteiger partial charge in [0, 0.05) is 27.8 Å². The molecule has 1 aliphatic heterocycles. The zero-order chi connectivity index (χ0) is 37.8. The van der Waals surface area contributed by atoms with Gasteiger partial charge < -0.3 is 9.47 Å². The Labute approximate surface area is 334 Å². The van der Waals surface area contributed by atoms with Crippen LogP contribution in [0.3, 0.4) is 0 Å². The van der Waals surface area contributed by atoms with Crippen LogP contribution >= 0.6 is 0 Å². The number of para-hydroxylation sites is 4. The van der Waals surface area contributed by atoms with Crippen molar-refractivity contribution >= 4 is 67.7 Å². The first-order valence-electron chi connectivity index (χ1n) is 19.7. The normalized spacial score (nSPS) is 12.7. The van der Waals surface area contributed by atoms with Gasteiger partial charge in [0.25, 0.3) is 0 Å². The Morgan fingerprint density at radius 2 is 0.912 bits per heavy atom. The second-order valence-corrected chi connectivity index (χ2v) is 18.6. The third kappa shape index (κ3) is 5.17. The number of hydrogen-bond acceptors (Lipinski definition) is 1. The fraction of sp³-hybridized carbons (Fsp3) is 0. The largest absolute Gasteiger partial charge is 0.308 e. The van der Waals surface area contributed by atoms with Crippen LogP contribution in [0.4, 0.5) is 17.1 Å². The number of anilines is 3. The van der Waals surface area contributed by atoms with Crippen LogP contribution in [0.1, 0.15) is 0 Å². The average Bonchev–Trinajstić information content (AvgIpc) is 3.79. The minimum atomic E-state index is -2.55. The highest BCUT2D eigenvalue weighted by Crippen LogP contribution is 2.43. The first-order valence-corrected chi connectivity index (χ1v) is 21.7. The van der Waals surface area contributed by atoms with E-state index in [0.29, 0.717) is 0 Å². The zero-order valence-electron chi connectivity index (χ0n) is 31.3. The standard InChI is InChI=1S/C54H38N2Si/c1-5-20-41(21-6-1)55(42-22-7-2-8-23-42)51-33-18-31-48-46-29-13-15-32-50(46)56(54(48)51)43-24-17-19-39(37-43)40-35-36-53-49(38-40)47-30-14-16-34-52(47)57(53,44-25-9-3-10-26-44)45-27-11-4-12-28-45/h1-38H. The molecule has 57 heavy (non-hydrogen) atoms. The lowest BCUT2D eigenvalue weighted by molar-refractivity contribution is 1.17. The predicted octanol–water partition coefficient (Wildman–Crippen LogP) is 11.3. The van der Waals surface area contributed by atoms with E-state index in [2.05, 4.69) is 240 Å². The fourth-order valence-electron chi connectivity index (χ4n) is 9.48. The molecule has 0 amide bonds. The summed E-state index contributed by atoms with van der Waals surface area (Å²) in [5.41, 5.74) is 11.9. The predicted molar refractivity (Wildman–Crippen MR) is 244 cm³/mol. The lowest BCUT2D eigenvalue weighted by Gasteiger charge is -2.31. The number of hydrogen-bond donors (Lipinski definition) is 0. The van der Waals surface area contributed by atoms with E-state index in [1.54, 1.807) is 0 Å². The average molecular weight is 743 g/mol. The molecule has 0 radical (unpaired) electrons. The minimum absolute atomic E-state index is 1.12. The van der Waals surface area contributed by atoms with E-state index < -0.39 is 8.07 Å². The second kappa shape index (κ2) is 13.5. The molecule has 0 atom stereocenters. The number of rotatable bonds is 7. The molecule has 0 spiro atoms. The van der Waals surface area contributed by atoms with Crippen molar-refractivity contribution in [2.75, 3.05) is 4.90 Å². The highest BCUT2D eigenvalue weighted by molar-refractivity contribution is 7.22. The van der Waals surface area contributed by atoms with Gasteiger partial charge in [0.2, 0.25) is 0 Å². The number of aromatic nitrogens is 1. The SMILES string of the molecule is c1ccc(N(c2ccccc2)c2cccc3c4ccccc4n(-c4cccc(-c5ccc6c(c5)-c5ccccc5[Si]6(c5ccccc5)c5ccccc5)c4)c23)cc1. The molecule has 1 aromatic heterocycles. The monoisotopic (exact) mass is 742 g/mol. The van der Waals surface area contributed by atoms with Crippen molar-refractivity contribution in [2.45, 2.75) is 0 Å². The molecule has 0 fully saturated rings. The van der Waals surface area contributed by atoms with Crippen LogP contribution in [0.5, 0.6) is 0 Å². The summed E-state index contributed by atoms with van der Waals surface area (Å²) >= 11 is 0. The third-order valence-corrected chi connectivity index (χ3v) is 16.7. The van der Waals surface area contributed by atoms with E-state index in [4.69, 9.17) is 0 Å². The van der Waals surface area contributed by atoms with Crippen molar-refractivity contribution < 1.29 is 0 Å². The molecule has 0 unspecified atom stereocenters. The maximum atomic E-state index is 2.47. The van der Waals surface area contributed by atoms with E-state index in [-0.39, 0.29) is 0 Å². The molecule has 11 rings (SSSR count). The van der Waals surface area contributed by atoms with Crippen LogP contribution in [0, 0.1) is 0 Å². The Hall–Kier alpha value is -7.20. The van der Waals surface area contributed by atoms with Crippen LogP contribution < -0.4 is 25.6 Å². The smallest absolute Gasteiger partial charge is 0.180 e. The molecular formula is C54H38N2Si. The maximum Gasteiger partial charge on any atom is 0.180 e. The summed E-state index contributed by atoms with van der Waals surface area (Å²) in [6.45, 7) is 0. The summed E-state index contributed by atoms with van der Waals surface area (Å²) in [7, 11) is -2.55. The Bertz CT molecular complexity index is 2980. The van der Waals surface area contributed by atoms with E-state index in [1.807, 2.05) is 0 Å². The third-order valence-electron chi connectivity index (χ3n) is 11.8. The van der Waals surface area contributed by atoms with Crippen molar-refractivity contribution in [3.8, 4) is 27.9 Å². The maximum absolute atomic E-state index is 2.55. The Balaban J connectivity index is 1.12. The van der Waals surface area contributed by atoms with Crippen LogP contribution in [0.25, 0.3) is 49.7 Å². The molecule has 10 aromatic rings. The van der Waals surface area contributed by atoms with E-state index >= 15 is 0 Å². The van der Waals surface area contributed by atoms with Crippen molar-refractivity contribution in [3.05, 3.63) is 231 Å². The minimum Gasteiger partial charge on any atom is -0.308 e. The van der Waals surface area contributed by atoms with Gasteiger partial charge in [-0.3, -0.25) is 0 Å². The molecule has 1 aliphatic rings. The summed E-state index contributed by atoms with van der Waals surface area (Å²) < 4.78 is 2.47. The number of benzene rings is 9. The zero-order valence-corrected chi connectivity index (χ0v) is 32.3. The van der Waals surface area contributed by atoms with E-state index in [0.717, 1.165) is 22.7 Å². The Morgan fingerprint density at radius 1 is 0.368 bits per heavy atom. The van der Waals surface area contributed by atoms with Gasteiger partial charge in [0.05, 0.1) is 16.7 Å². The lowest BCUT2D eigenvalue weighted by atomic mass is 9.99. The highest BCUT2D eigenvalue weighted by atomic mass is 28.3. The van der Waals surface area contributed by atoms with Gasteiger partial charge in [-0.05, 0) is 97.6 Å². The van der Waals surface area contributed by atoms with Crippen LogP contribution in [0.15, 0.2) is 231 Å². The van der Waals surface area contributed by atoms with Crippen LogP contribution in [-0.2, 0) is 0 Å². The summed E-state index contributed by atoms with van der Waals surface area (Å²) in [6.07, 6.45) is 0. The number of fused-ring (bicyclic) bond motifs is 6. The van der Waals surface area contributed by atoms with Crippen LogP contribution in [0.2, 0.25) is 0 Å². The van der Waals surface area contributed by atoms with E-state index in [1.165, 1.54) is 64.8 Å². The quantitative estimate of drug-likeness (QED) is 0.148. The van der Waals surface area contributed by atoms with Gasteiger partial charge in [0.15, 0.2) is 8.07 Å². The molecule has 0 saturated heterocycles. The highest BCUT2D eigenvalue weighted by Gasteiger charge is 2.48. The van der Waals surface area contributed by atoms with Crippen molar-refractivity contribution in [2.24, 2.45) is 0 Å². The summed E-state index contributed by atoms with van der Waals surface area (Å²) in [6, 6.07) is 84.9. The van der Waals surface area contributed by atoms with Crippen molar-refractivity contribution in [1.82, 2.24) is 4.57 Å². The molecule has 268 valence electrons. The molecule has 0 bridgehead atoms. The van der Waals surface area contributed by atoms with Crippen LogP contribution in [-0.4, -0.2) is 12.6 Å². The Kier molecular flexibility index (Phi) is 7.87.